The normalized spacial score (nSPS) is 10.5. The van der Waals surface area contributed by atoms with Crippen LogP contribution in [0.25, 0.3) is 0 Å². The third-order valence-corrected chi connectivity index (χ3v) is 5.74. The minimum Gasteiger partial charge on any atom is -0.465 e. The summed E-state index contributed by atoms with van der Waals surface area (Å²) >= 11 is 3.15. The number of esters is 1. The van der Waals surface area contributed by atoms with Gasteiger partial charge in [0.2, 0.25) is 5.13 Å². The lowest BCUT2D eigenvalue weighted by atomic mass is 10.1. The van der Waals surface area contributed by atoms with E-state index in [1.165, 1.54) is 12.7 Å². The second kappa shape index (κ2) is 9.35. The second-order valence-electron chi connectivity index (χ2n) is 5.52. The fourth-order valence-electron chi connectivity index (χ4n) is 2.35. The van der Waals surface area contributed by atoms with Gasteiger partial charge in [0, 0.05) is 12.3 Å². The number of carbonyl (C=O) groups excluding carboxylic acids is 1. The lowest BCUT2D eigenvalue weighted by molar-refractivity contribution is 0.0600. The largest absolute Gasteiger partial charge is 0.465 e. The van der Waals surface area contributed by atoms with Gasteiger partial charge in [-0.25, -0.2) is 4.79 Å². The first kappa shape index (κ1) is 18.4. The predicted octanol–water partition coefficient (Wildman–Crippen LogP) is 4.27. The van der Waals surface area contributed by atoms with Crippen molar-refractivity contribution in [3.05, 3.63) is 71.3 Å². The monoisotopic (exact) mass is 385 g/mol. The Labute approximate surface area is 160 Å². The number of rotatable bonds is 8. The Morgan fingerprint density at radius 1 is 1.12 bits per heavy atom. The number of nitrogens with zero attached hydrogens (tertiary/aromatic N) is 2. The van der Waals surface area contributed by atoms with E-state index in [1.807, 2.05) is 36.4 Å². The highest BCUT2D eigenvalue weighted by Crippen LogP contribution is 2.28. The van der Waals surface area contributed by atoms with Crippen LogP contribution in [0.3, 0.4) is 0 Å². The Balaban J connectivity index is 1.48. The minimum absolute atomic E-state index is 0.322. The number of thioether (sulfide) groups is 1. The summed E-state index contributed by atoms with van der Waals surface area (Å²) in [5.41, 5.74) is 2.91. The minimum atomic E-state index is -0.322. The summed E-state index contributed by atoms with van der Waals surface area (Å²) in [7, 11) is 1.39. The number of benzene rings is 2. The number of hydrogen-bond acceptors (Lipinski definition) is 7. The molecular formula is C19H19N3O2S2. The molecule has 0 bridgehead atoms. The smallest absolute Gasteiger partial charge is 0.337 e. The van der Waals surface area contributed by atoms with Crippen LogP contribution >= 0.6 is 23.1 Å². The first-order valence-corrected chi connectivity index (χ1v) is 9.96. The van der Waals surface area contributed by atoms with E-state index in [-0.39, 0.29) is 5.97 Å². The molecule has 0 unspecified atom stereocenters. The molecule has 0 amide bonds. The molecule has 134 valence electrons. The molecule has 26 heavy (non-hydrogen) atoms. The Hall–Kier alpha value is -2.38. The van der Waals surface area contributed by atoms with E-state index in [4.69, 9.17) is 4.74 Å². The van der Waals surface area contributed by atoms with Gasteiger partial charge in [-0.2, -0.15) is 0 Å². The van der Waals surface area contributed by atoms with Crippen molar-refractivity contribution >= 4 is 34.2 Å². The van der Waals surface area contributed by atoms with Crippen molar-refractivity contribution in [1.82, 2.24) is 10.2 Å². The van der Waals surface area contributed by atoms with Crippen LogP contribution in [-0.4, -0.2) is 29.8 Å². The summed E-state index contributed by atoms with van der Waals surface area (Å²) < 4.78 is 5.65. The van der Waals surface area contributed by atoms with E-state index in [2.05, 4.69) is 27.6 Å². The summed E-state index contributed by atoms with van der Waals surface area (Å²) in [4.78, 5) is 11.6. The van der Waals surface area contributed by atoms with Crippen molar-refractivity contribution in [2.24, 2.45) is 0 Å². The van der Waals surface area contributed by atoms with Crippen LogP contribution in [0.2, 0.25) is 0 Å². The third-order valence-electron chi connectivity index (χ3n) is 3.65. The maximum absolute atomic E-state index is 11.6. The van der Waals surface area contributed by atoms with Gasteiger partial charge in [-0.05, 0) is 29.7 Å². The van der Waals surface area contributed by atoms with E-state index >= 15 is 0 Å². The van der Waals surface area contributed by atoms with Crippen LogP contribution in [0.4, 0.5) is 5.13 Å². The number of hydrogen-bond donors (Lipinski definition) is 1. The lowest BCUT2D eigenvalue weighted by Crippen LogP contribution is -2.04. The lowest BCUT2D eigenvalue weighted by Gasteiger charge is -2.03. The number of nitrogens with one attached hydrogen (secondary N) is 1. The van der Waals surface area contributed by atoms with Gasteiger partial charge >= 0.3 is 5.97 Å². The van der Waals surface area contributed by atoms with E-state index in [1.54, 1.807) is 29.2 Å². The number of carbonyl (C=O) groups is 1. The molecule has 0 atom stereocenters. The van der Waals surface area contributed by atoms with Crippen molar-refractivity contribution in [2.45, 2.75) is 16.5 Å². The van der Waals surface area contributed by atoms with Gasteiger partial charge in [-0.1, -0.05) is 65.6 Å². The Bertz CT molecular complexity index is 853. The Morgan fingerprint density at radius 3 is 2.73 bits per heavy atom. The van der Waals surface area contributed by atoms with E-state index in [0.29, 0.717) is 5.56 Å². The molecule has 2 aromatic carbocycles. The number of ether oxygens (including phenoxy) is 1. The fourth-order valence-corrected chi connectivity index (χ4v) is 4.07. The van der Waals surface area contributed by atoms with Crippen LogP contribution < -0.4 is 5.32 Å². The molecule has 0 spiro atoms. The molecule has 3 aromatic rings. The van der Waals surface area contributed by atoms with Crippen LogP contribution in [-0.2, 0) is 16.9 Å². The molecule has 1 aromatic heterocycles. The topological polar surface area (TPSA) is 64.1 Å². The number of methoxy groups -OCH3 is 1. The zero-order valence-electron chi connectivity index (χ0n) is 14.3. The van der Waals surface area contributed by atoms with Gasteiger partial charge in [0.15, 0.2) is 4.34 Å². The number of aromatic nitrogens is 2. The summed E-state index contributed by atoms with van der Waals surface area (Å²) in [6.45, 7) is 0.824. The molecule has 7 heteroatoms. The first-order chi connectivity index (χ1) is 12.7. The van der Waals surface area contributed by atoms with Crippen LogP contribution in [0.15, 0.2) is 58.9 Å². The van der Waals surface area contributed by atoms with Crippen molar-refractivity contribution in [1.29, 1.82) is 0 Å². The van der Waals surface area contributed by atoms with Crippen molar-refractivity contribution in [3.63, 3.8) is 0 Å². The van der Waals surface area contributed by atoms with Crippen LogP contribution in [0, 0.1) is 0 Å². The molecule has 0 radical (unpaired) electrons. The number of anilines is 1. The van der Waals surface area contributed by atoms with Gasteiger partial charge in [0.05, 0.1) is 12.7 Å². The van der Waals surface area contributed by atoms with Crippen molar-refractivity contribution < 1.29 is 9.53 Å². The molecular weight excluding hydrogens is 366 g/mol. The standard InChI is InChI=1S/C19H19N3O2S2/c1-24-17(23)16-9-5-8-15(12-16)13-25-19-22-21-18(26-19)20-11-10-14-6-3-2-4-7-14/h2-9,12H,10-11,13H2,1H3,(H,20,21). The van der Waals surface area contributed by atoms with Gasteiger partial charge in [-0.3, -0.25) is 0 Å². The fraction of sp³-hybridized carbons (Fsp3) is 0.211. The first-order valence-electron chi connectivity index (χ1n) is 8.16. The Kier molecular flexibility index (Phi) is 6.62. The van der Waals surface area contributed by atoms with Gasteiger partial charge in [-0.15, -0.1) is 10.2 Å². The highest BCUT2D eigenvalue weighted by molar-refractivity contribution is 8.00. The van der Waals surface area contributed by atoms with Crippen LogP contribution in [0.5, 0.6) is 0 Å². The average Bonchev–Trinajstić information content (AvgIpc) is 3.14. The quantitative estimate of drug-likeness (QED) is 0.461. The molecule has 1 heterocycles. The van der Waals surface area contributed by atoms with Gasteiger partial charge < -0.3 is 10.1 Å². The summed E-state index contributed by atoms with van der Waals surface area (Å²) in [5.74, 6) is 0.404. The molecule has 3 rings (SSSR count). The van der Waals surface area contributed by atoms with Crippen molar-refractivity contribution in [2.75, 3.05) is 19.0 Å². The molecule has 5 nitrogen and oxygen atoms in total. The Morgan fingerprint density at radius 2 is 1.92 bits per heavy atom. The summed E-state index contributed by atoms with van der Waals surface area (Å²) in [6.07, 6.45) is 0.948. The zero-order chi connectivity index (χ0) is 18.2. The van der Waals surface area contributed by atoms with E-state index in [0.717, 1.165) is 33.8 Å². The second-order valence-corrected chi connectivity index (χ2v) is 7.72. The van der Waals surface area contributed by atoms with Gasteiger partial charge in [0.1, 0.15) is 0 Å². The average molecular weight is 386 g/mol. The summed E-state index contributed by atoms with van der Waals surface area (Å²) in [5, 5.41) is 12.5. The molecule has 0 aliphatic heterocycles. The van der Waals surface area contributed by atoms with E-state index < -0.39 is 0 Å². The highest BCUT2D eigenvalue weighted by Gasteiger charge is 2.08. The van der Waals surface area contributed by atoms with E-state index in [9.17, 15) is 4.79 Å². The highest BCUT2D eigenvalue weighted by atomic mass is 32.2. The third kappa shape index (κ3) is 5.31. The molecule has 0 fully saturated rings. The molecule has 0 saturated heterocycles. The zero-order valence-corrected chi connectivity index (χ0v) is 16.0. The maximum atomic E-state index is 11.6. The summed E-state index contributed by atoms with van der Waals surface area (Å²) in [6, 6.07) is 17.8. The SMILES string of the molecule is COC(=O)c1cccc(CSc2nnc(NCCc3ccccc3)s2)c1. The molecule has 1 N–H and O–H groups in total. The molecule has 0 aliphatic rings. The molecule has 0 aliphatic carbocycles. The van der Waals surface area contributed by atoms with Crippen LogP contribution in [0.1, 0.15) is 21.5 Å². The van der Waals surface area contributed by atoms with Crippen molar-refractivity contribution in [3.8, 4) is 0 Å². The predicted molar refractivity (Wildman–Crippen MR) is 106 cm³/mol. The molecule has 0 saturated carbocycles. The maximum Gasteiger partial charge on any atom is 0.337 e. The van der Waals surface area contributed by atoms with Gasteiger partial charge in [0.25, 0.3) is 0 Å².